The summed E-state index contributed by atoms with van der Waals surface area (Å²) in [6, 6.07) is 47.9. The van der Waals surface area contributed by atoms with Crippen LogP contribution in [0.15, 0.2) is 148 Å². The molecule has 1 aliphatic rings. The van der Waals surface area contributed by atoms with Crippen molar-refractivity contribution in [3.05, 3.63) is 162 Å². The zero-order chi connectivity index (χ0) is 31.6. The van der Waals surface area contributed by atoms with Gasteiger partial charge in [0.15, 0.2) is 17.5 Å². The van der Waals surface area contributed by atoms with E-state index in [1.165, 1.54) is 11.0 Å². The lowest BCUT2D eigenvalue weighted by atomic mass is 9.84. The molecule has 1 aliphatic carbocycles. The Balaban J connectivity index is 1.28. The zero-order valence-corrected chi connectivity index (χ0v) is 25.9. The molecule has 48 heavy (non-hydrogen) atoms. The maximum atomic E-state index is 6.50. The van der Waals surface area contributed by atoms with Gasteiger partial charge < -0.3 is 8.83 Å². The molecular formula is C43H27N3O2. The lowest BCUT2D eigenvalue weighted by Crippen LogP contribution is -2.09. The second kappa shape index (κ2) is 10.6. The maximum absolute atomic E-state index is 6.50. The minimum atomic E-state index is 0.631. The molecule has 0 atom stereocenters. The van der Waals surface area contributed by atoms with Crippen molar-refractivity contribution in [1.82, 2.24) is 15.0 Å². The van der Waals surface area contributed by atoms with Gasteiger partial charge >= 0.3 is 0 Å². The van der Waals surface area contributed by atoms with Crippen molar-refractivity contribution in [2.24, 2.45) is 0 Å². The quantitative estimate of drug-likeness (QED) is 0.197. The fourth-order valence-corrected chi connectivity index (χ4v) is 7.17. The van der Waals surface area contributed by atoms with Gasteiger partial charge in [-0.1, -0.05) is 109 Å². The number of rotatable bonds is 4. The highest BCUT2D eigenvalue weighted by Crippen LogP contribution is 2.45. The molecule has 0 fully saturated rings. The number of furan rings is 2. The molecule has 3 heterocycles. The summed E-state index contributed by atoms with van der Waals surface area (Å²) in [4.78, 5) is 15.6. The molecule has 6 aromatic carbocycles. The van der Waals surface area contributed by atoms with E-state index in [9.17, 15) is 0 Å². The Morgan fingerprint density at radius 1 is 0.417 bits per heavy atom. The van der Waals surface area contributed by atoms with Gasteiger partial charge in [-0.15, -0.1) is 0 Å². The third-order valence-electron chi connectivity index (χ3n) is 9.45. The van der Waals surface area contributed by atoms with Gasteiger partial charge in [-0.3, -0.25) is 0 Å². The van der Waals surface area contributed by atoms with E-state index in [1.807, 2.05) is 42.5 Å². The van der Waals surface area contributed by atoms with Crippen LogP contribution in [0.4, 0.5) is 0 Å². The van der Waals surface area contributed by atoms with Gasteiger partial charge in [0.2, 0.25) is 0 Å². The highest BCUT2D eigenvalue weighted by molar-refractivity contribution is 6.10. The zero-order valence-electron chi connectivity index (χ0n) is 25.9. The van der Waals surface area contributed by atoms with Crippen molar-refractivity contribution in [3.63, 3.8) is 0 Å². The fourth-order valence-electron chi connectivity index (χ4n) is 7.17. The van der Waals surface area contributed by atoms with Crippen molar-refractivity contribution < 1.29 is 8.83 Å². The van der Waals surface area contributed by atoms with Crippen LogP contribution in [-0.4, -0.2) is 15.0 Å². The van der Waals surface area contributed by atoms with Crippen molar-refractivity contribution in [3.8, 4) is 22.8 Å². The van der Waals surface area contributed by atoms with Gasteiger partial charge in [0, 0.05) is 44.8 Å². The molecule has 0 saturated heterocycles. The van der Waals surface area contributed by atoms with Gasteiger partial charge in [0.1, 0.15) is 22.5 Å². The first-order valence-electron chi connectivity index (χ1n) is 16.2. The van der Waals surface area contributed by atoms with Crippen molar-refractivity contribution >= 4 is 54.8 Å². The third kappa shape index (κ3) is 4.28. The molecule has 226 valence electrons. The number of nitrogens with zero attached hydrogens (tertiary/aromatic N) is 3. The minimum absolute atomic E-state index is 0.631. The highest BCUT2D eigenvalue weighted by atomic mass is 16.3. The van der Waals surface area contributed by atoms with Crippen LogP contribution in [0, 0.1) is 0 Å². The Morgan fingerprint density at radius 2 is 1.06 bits per heavy atom. The molecule has 3 aromatic heterocycles. The van der Waals surface area contributed by atoms with E-state index in [2.05, 4.69) is 97.1 Å². The molecule has 10 rings (SSSR count). The number of fused-ring (bicyclic) bond motifs is 7. The molecule has 0 radical (unpaired) electrons. The Kier molecular flexibility index (Phi) is 5.93. The second-order valence-electron chi connectivity index (χ2n) is 12.3. The number of aromatic nitrogens is 3. The molecule has 0 spiro atoms. The van der Waals surface area contributed by atoms with Crippen LogP contribution in [0.25, 0.3) is 77.6 Å². The first kappa shape index (κ1) is 26.8. The first-order chi connectivity index (χ1) is 23.8. The standard InChI is InChI=1S/C43H27N3O2/c1-2-11-27(12-3-1)41-44-42(30-19-18-26-10-4-5-13-28(26)24-30)46-43(45-41)40-31(21-23-38-39(40)33-15-7-9-17-36(33)48-38)29-20-22-37-34(25-29)32-14-6-8-16-35(32)47-37/h1-20,22,24-25H,21,23H2. The summed E-state index contributed by atoms with van der Waals surface area (Å²) in [5, 5.41) is 5.57. The second-order valence-corrected chi connectivity index (χ2v) is 12.3. The third-order valence-corrected chi connectivity index (χ3v) is 9.45. The van der Waals surface area contributed by atoms with E-state index in [0.717, 1.165) is 84.7 Å². The smallest absolute Gasteiger partial charge is 0.165 e. The number of para-hydroxylation sites is 2. The molecule has 5 nitrogen and oxygen atoms in total. The average Bonchev–Trinajstić information content (AvgIpc) is 3.72. The minimum Gasteiger partial charge on any atom is -0.460 e. The Hall–Kier alpha value is -6.33. The van der Waals surface area contributed by atoms with Gasteiger partial charge in [-0.25, -0.2) is 15.0 Å². The summed E-state index contributed by atoms with van der Waals surface area (Å²) >= 11 is 0. The Bertz CT molecular complexity index is 2740. The lowest BCUT2D eigenvalue weighted by molar-refractivity contribution is 0.547. The van der Waals surface area contributed by atoms with Gasteiger partial charge in [0.25, 0.3) is 0 Å². The molecule has 0 amide bonds. The number of hydrogen-bond acceptors (Lipinski definition) is 5. The molecule has 0 unspecified atom stereocenters. The fraction of sp³-hybridized carbons (Fsp3) is 0.0465. The molecule has 0 bridgehead atoms. The predicted molar refractivity (Wildman–Crippen MR) is 192 cm³/mol. The van der Waals surface area contributed by atoms with Crippen LogP contribution in [-0.2, 0) is 6.42 Å². The van der Waals surface area contributed by atoms with Crippen molar-refractivity contribution in [1.29, 1.82) is 0 Å². The number of hydrogen-bond donors (Lipinski definition) is 0. The van der Waals surface area contributed by atoms with Crippen LogP contribution in [0.2, 0.25) is 0 Å². The summed E-state index contributed by atoms with van der Waals surface area (Å²) in [5.74, 6) is 2.85. The van der Waals surface area contributed by atoms with E-state index in [1.54, 1.807) is 0 Å². The van der Waals surface area contributed by atoms with E-state index < -0.39 is 0 Å². The van der Waals surface area contributed by atoms with Crippen LogP contribution in [0.5, 0.6) is 0 Å². The number of aryl methyl sites for hydroxylation is 1. The maximum Gasteiger partial charge on any atom is 0.165 e. The van der Waals surface area contributed by atoms with Gasteiger partial charge in [0.05, 0.1) is 0 Å². The van der Waals surface area contributed by atoms with Crippen LogP contribution >= 0.6 is 0 Å². The van der Waals surface area contributed by atoms with E-state index in [-0.39, 0.29) is 0 Å². The Labute approximate surface area is 275 Å². The van der Waals surface area contributed by atoms with Crippen LogP contribution in [0.3, 0.4) is 0 Å². The highest BCUT2D eigenvalue weighted by Gasteiger charge is 2.30. The summed E-state index contributed by atoms with van der Waals surface area (Å²) in [6.07, 6.45) is 1.56. The largest absolute Gasteiger partial charge is 0.460 e. The van der Waals surface area contributed by atoms with E-state index >= 15 is 0 Å². The molecule has 0 N–H and O–H groups in total. The molecule has 0 saturated carbocycles. The summed E-state index contributed by atoms with van der Waals surface area (Å²) in [7, 11) is 0. The molecular weight excluding hydrogens is 590 g/mol. The lowest BCUT2D eigenvalue weighted by Gasteiger charge is -2.21. The van der Waals surface area contributed by atoms with Crippen LogP contribution < -0.4 is 0 Å². The van der Waals surface area contributed by atoms with Crippen LogP contribution in [0.1, 0.15) is 29.1 Å². The molecule has 0 aliphatic heterocycles. The summed E-state index contributed by atoms with van der Waals surface area (Å²) < 4.78 is 12.7. The SMILES string of the molecule is c1ccc(-c2nc(C3=C(c4ccc5oc6ccccc6c5c4)CCc4oc5ccccc5c43)nc(-c3ccc4ccccc4c3)n2)cc1. The number of benzene rings is 6. The predicted octanol–water partition coefficient (Wildman–Crippen LogP) is 10.9. The summed E-state index contributed by atoms with van der Waals surface area (Å²) in [5.41, 5.74) is 8.83. The van der Waals surface area contributed by atoms with Gasteiger partial charge in [-0.05, 0) is 58.7 Å². The van der Waals surface area contributed by atoms with Gasteiger partial charge in [-0.2, -0.15) is 0 Å². The first-order valence-corrected chi connectivity index (χ1v) is 16.2. The number of allylic oxidation sites excluding steroid dienone is 1. The van der Waals surface area contributed by atoms with Crippen molar-refractivity contribution in [2.45, 2.75) is 12.8 Å². The van der Waals surface area contributed by atoms with E-state index in [4.69, 9.17) is 23.8 Å². The van der Waals surface area contributed by atoms with Crippen molar-refractivity contribution in [2.75, 3.05) is 0 Å². The monoisotopic (exact) mass is 617 g/mol. The normalized spacial score (nSPS) is 13.2. The van der Waals surface area contributed by atoms with E-state index in [0.29, 0.717) is 17.5 Å². The summed E-state index contributed by atoms with van der Waals surface area (Å²) in [6.45, 7) is 0. The molecule has 5 heteroatoms. The topological polar surface area (TPSA) is 65.0 Å². The molecule has 9 aromatic rings. The average molecular weight is 618 g/mol. The Morgan fingerprint density at radius 3 is 1.92 bits per heavy atom.